The number of nitrogens with zero attached hydrogens (tertiary/aromatic N) is 1. The Hall–Kier alpha value is -3.36. The van der Waals surface area contributed by atoms with Gasteiger partial charge >= 0.3 is 0 Å². The molecular weight excluding hydrogens is 428 g/mol. The molecule has 0 radical (unpaired) electrons. The zero-order valence-corrected chi connectivity index (χ0v) is 17.4. The average molecular weight is 447 g/mol. The van der Waals surface area contributed by atoms with Gasteiger partial charge in [0.15, 0.2) is 0 Å². The second-order valence-corrected chi connectivity index (χ2v) is 7.36. The molecule has 0 aliphatic heterocycles. The molecule has 0 unspecified atom stereocenters. The van der Waals surface area contributed by atoms with E-state index in [1.165, 1.54) is 0 Å². The fourth-order valence-corrected chi connectivity index (χ4v) is 2.99. The summed E-state index contributed by atoms with van der Waals surface area (Å²) in [5, 5.41) is 12.2. The Balaban J connectivity index is 1.77. The lowest BCUT2D eigenvalue weighted by Gasteiger charge is -2.10. The molecule has 0 heterocycles. The molecule has 3 rings (SSSR count). The van der Waals surface area contributed by atoms with E-state index in [-0.39, 0.29) is 5.57 Å². The number of nitrogens with one attached hydrogen (secondary N) is 1. The van der Waals surface area contributed by atoms with E-state index in [0.29, 0.717) is 23.6 Å². The molecule has 0 fully saturated rings. The molecule has 0 spiro atoms. The van der Waals surface area contributed by atoms with Gasteiger partial charge in [-0.1, -0.05) is 64.0 Å². The Kier molecular flexibility index (Phi) is 6.83. The number of carbonyl (C=O) groups excluding carboxylic acids is 1. The summed E-state index contributed by atoms with van der Waals surface area (Å²) in [5.74, 6) is 0.140. The third-order valence-corrected chi connectivity index (χ3v) is 4.69. The van der Waals surface area contributed by atoms with Crippen LogP contribution in [0.5, 0.6) is 5.75 Å². The van der Waals surface area contributed by atoms with E-state index < -0.39 is 5.91 Å². The molecule has 0 saturated carbocycles. The summed E-state index contributed by atoms with van der Waals surface area (Å²) < 4.78 is 6.85. The molecule has 0 aliphatic rings. The van der Waals surface area contributed by atoms with Crippen molar-refractivity contribution < 1.29 is 9.53 Å². The average Bonchev–Trinajstić information content (AvgIpc) is 2.73. The van der Waals surface area contributed by atoms with E-state index in [2.05, 4.69) is 27.3 Å². The van der Waals surface area contributed by atoms with Gasteiger partial charge in [-0.05, 0) is 48.9 Å². The number of anilines is 1. The van der Waals surface area contributed by atoms with E-state index in [1.807, 2.05) is 67.6 Å². The molecule has 0 aliphatic carbocycles. The normalized spacial score (nSPS) is 10.9. The third kappa shape index (κ3) is 5.81. The summed E-state index contributed by atoms with van der Waals surface area (Å²) >= 11 is 3.35. The number of ether oxygens (including phenoxy) is 1. The first kappa shape index (κ1) is 20.4. The van der Waals surface area contributed by atoms with E-state index in [1.54, 1.807) is 18.2 Å². The Morgan fingerprint density at radius 2 is 1.86 bits per heavy atom. The number of nitriles is 1. The number of benzene rings is 3. The van der Waals surface area contributed by atoms with Crippen molar-refractivity contribution >= 4 is 33.6 Å². The molecule has 0 atom stereocenters. The van der Waals surface area contributed by atoms with Crippen LogP contribution in [0.1, 0.15) is 16.7 Å². The van der Waals surface area contributed by atoms with Crippen molar-refractivity contribution in [3.63, 3.8) is 0 Å². The maximum atomic E-state index is 12.5. The van der Waals surface area contributed by atoms with E-state index in [9.17, 15) is 10.1 Å². The maximum absolute atomic E-state index is 12.5. The van der Waals surface area contributed by atoms with Crippen LogP contribution in [-0.4, -0.2) is 5.91 Å². The van der Waals surface area contributed by atoms with Gasteiger partial charge in [0, 0.05) is 15.7 Å². The van der Waals surface area contributed by atoms with Gasteiger partial charge in [-0.25, -0.2) is 0 Å². The number of rotatable bonds is 6. The quantitative estimate of drug-likeness (QED) is 0.379. The first-order valence-electron chi connectivity index (χ1n) is 9.01. The van der Waals surface area contributed by atoms with Gasteiger partial charge in [-0.2, -0.15) is 5.26 Å². The topological polar surface area (TPSA) is 62.1 Å². The van der Waals surface area contributed by atoms with Gasteiger partial charge in [-0.3, -0.25) is 4.79 Å². The van der Waals surface area contributed by atoms with E-state index in [0.717, 1.165) is 15.6 Å². The molecule has 5 heteroatoms. The van der Waals surface area contributed by atoms with Crippen LogP contribution in [0.2, 0.25) is 0 Å². The van der Waals surface area contributed by atoms with Crippen LogP contribution in [0.3, 0.4) is 0 Å². The number of hydrogen-bond acceptors (Lipinski definition) is 3. The van der Waals surface area contributed by atoms with Gasteiger partial charge in [0.25, 0.3) is 5.91 Å². The standard InChI is InChI=1S/C24H19BrN2O2/c1-17-5-4-6-18(13-17)16-29-23-8-3-2-7-19(23)14-20(15-26)24(28)27-22-11-9-21(25)10-12-22/h2-14H,16H2,1H3,(H,27,28)/b20-14+. The number of aryl methyl sites for hydroxylation is 1. The molecule has 29 heavy (non-hydrogen) atoms. The summed E-state index contributed by atoms with van der Waals surface area (Å²) in [6, 6.07) is 24.5. The molecule has 1 N–H and O–H groups in total. The minimum absolute atomic E-state index is 0.000440. The van der Waals surface area contributed by atoms with Crippen LogP contribution < -0.4 is 10.1 Å². The SMILES string of the molecule is Cc1cccc(COc2ccccc2/C=C(\C#N)C(=O)Nc2ccc(Br)cc2)c1. The van der Waals surface area contributed by atoms with Crippen molar-refractivity contribution in [2.45, 2.75) is 13.5 Å². The molecule has 144 valence electrons. The Morgan fingerprint density at radius 1 is 1.10 bits per heavy atom. The fraction of sp³-hybridized carbons (Fsp3) is 0.0833. The summed E-state index contributed by atoms with van der Waals surface area (Å²) in [5.41, 5.74) is 3.50. The number of amides is 1. The van der Waals surface area contributed by atoms with E-state index >= 15 is 0 Å². The molecule has 3 aromatic rings. The zero-order chi connectivity index (χ0) is 20.6. The highest BCUT2D eigenvalue weighted by Gasteiger charge is 2.11. The fourth-order valence-electron chi connectivity index (χ4n) is 2.73. The van der Waals surface area contributed by atoms with Crippen LogP contribution in [0, 0.1) is 18.3 Å². The summed E-state index contributed by atoms with van der Waals surface area (Å²) in [4.78, 5) is 12.5. The number of para-hydroxylation sites is 1. The second kappa shape index (κ2) is 9.72. The first-order chi connectivity index (χ1) is 14.0. The molecule has 0 bridgehead atoms. The van der Waals surface area contributed by atoms with Crippen molar-refractivity contribution in [2.75, 3.05) is 5.32 Å². The highest BCUT2D eigenvalue weighted by molar-refractivity contribution is 9.10. The van der Waals surface area contributed by atoms with Crippen LogP contribution in [0.4, 0.5) is 5.69 Å². The zero-order valence-electron chi connectivity index (χ0n) is 15.9. The van der Waals surface area contributed by atoms with Crippen molar-refractivity contribution in [3.05, 3.63) is 99.5 Å². The smallest absolute Gasteiger partial charge is 0.266 e. The number of hydrogen-bond donors (Lipinski definition) is 1. The van der Waals surface area contributed by atoms with E-state index in [4.69, 9.17) is 4.74 Å². The van der Waals surface area contributed by atoms with Crippen LogP contribution in [0.25, 0.3) is 6.08 Å². The Bertz CT molecular complexity index is 1080. The highest BCUT2D eigenvalue weighted by atomic mass is 79.9. The minimum Gasteiger partial charge on any atom is -0.488 e. The molecular formula is C24H19BrN2O2. The Morgan fingerprint density at radius 3 is 2.59 bits per heavy atom. The monoisotopic (exact) mass is 446 g/mol. The van der Waals surface area contributed by atoms with Crippen LogP contribution in [0.15, 0.2) is 82.8 Å². The van der Waals surface area contributed by atoms with Gasteiger partial charge in [-0.15, -0.1) is 0 Å². The lowest BCUT2D eigenvalue weighted by molar-refractivity contribution is -0.112. The molecule has 3 aromatic carbocycles. The van der Waals surface area contributed by atoms with Crippen molar-refractivity contribution in [1.82, 2.24) is 0 Å². The highest BCUT2D eigenvalue weighted by Crippen LogP contribution is 2.23. The van der Waals surface area contributed by atoms with Crippen LogP contribution in [-0.2, 0) is 11.4 Å². The van der Waals surface area contributed by atoms with Gasteiger partial charge in [0.1, 0.15) is 24.0 Å². The van der Waals surface area contributed by atoms with Crippen LogP contribution >= 0.6 is 15.9 Å². The first-order valence-corrected chi connectivity index (χ1v) is 9.80. The lowest BCUT2D eigenvalue weighted by Crippen LogP contribution is -2.13. The summed E-state index contributed by atoms with van der Waals surface area (Å²) in [6.07, 6.45) is 1.54. The maximum Gasteiger partial charge on any atom is 0.266 e. The lowest BCUT2D eigenvalue weighted by atomic mass is 10.1. The van der Waals surface area contributed by atoms with Gasteiger partial charge < -0.3 is 10.1 Å². The van der Waals surface area contributed by atoms with Crippen molar-refractivity contribution in [2.24, 2.45) is 0 Å². The largest absolute Gasteiger partial charge is 0.488 e. The third-order valence-electron chi connectivity index (χ3n) is 4.16. The minimum atomic E-state index is -0.469. The molecule has 0 aromatic heterocycles. The predicted octanol–water partition coefficient (Wildman–Crippen LogP) is 5.88. The Labute approximate surface area is 178 Å². The number of carbonyl (C=O) groups is 1. The van der Waals surface area contributed by atoms with Gasteiger partial charge in [0.05, 0.1) is 0 Å². The summed E-state index contributed by atoms with van der Waals surface area (Å²) in [7, 11) is 0. The molecule has 1 amide bonds. The molecule has 0 saturated heterocycles. The van der Waals surface area contributed by atoms with Crippen molar-refractivity contribution in [1.29, 1.82) is 5.26 Å². The summed E-state index contributed by atoms with van der Waals surface area (Å²) in [6.45, 7) is 2.43. The van der Waals surface area contributed by atoms with Crippen molar-refractivity contribution in [3.8, 4) is 11.8 Å². The number of halogens is 1. The van der Waals surface area contributed by atoms with Gasteiger partial charge in [0.2, 0.25) is 0 Å². The molecule has 4 nitrogen and oxygen atoms in total. The second-order valence-electron chi connectivity index (χ2n) is 6.45. The predicted molar refractivity (Wildman–Crippen MR) is 118 cm³/mol.